The molecule has 2 aromatic heterocycles. The summed E-state index contributed by atoms with van der Waals surface area (Å²) in [7, 11) is 2.01. The number of nitriles is 1. The van der Waals surface area contributed by atoms with Crippen molar-refractivity contribution >= 4 is 47.1 Å². The summed E-state index contributed by atoms with van der Waals surface area (Å²) in [6.07, 6.45) is 4.39. The van der Waals surface area contributed by atoms with Crippen LogP contribution in [-0.2, 0) is 14.3 Å². The highest BCUT2D eigenvalue weighted by Gasteiger charge is 2.34. The number of anilines is 2. The number of ether oxygens (including phenoxy) is 2. The van der Waals surface area contributed by atoms with E-state index in [1.165, 1.54) is 28.9 Å². The number of piperazine rings is 1. The summed E-state index contributed by atoms with van der Waals surface area (Å²) >= 11 is 6.44. The van der Waals surface area contributed by atoms with E-state index < -0.39 is 36.7 Å². The van der Waals surface area contributed by atoms with Crippen molar-refractivity contribution in [3.8, 4) is 23.1 Å². The molecule has 5 rings (SSSR count). The Hall–Kier alpha value is -5.41. The Kier molecular flexibility index (Phi) is 12.9. The summed E-state index contributed by atoms with van der Waals surface area (Å²) in [4.78, 5) is 41.0. The fourth-order valence-electron chi connectivity index (χ4n) is 5.26. The van der Waals surface area contributed by atoms with Gasteiger partial charge in [0.15, 0.2) is 35.7 Å². The van der Waals surface area contributed by atoms with Gasteiger partial charge in [-0.05, 0) is 30.3 Å². The highest BCUT2D eigenvalue weighted by atomic mass is 35.5. The van der Waals surface area contributed by atoms with Crippen molar-refractivity contribution in [2.24, 2.45) is 0 Å². The van der Waals surface area contributed by atoms with Gasteiger partial charge in [0.1, 0.15) is 19.2 Å². The van der Waals surface area contributed by atoms with Crippen molar-refractivity contribution in [3.05, 3.63) is 71.1 Å². The number of hydrogen-bond acceptors (Lipinski definition) is 11. The van der Waals surface area contributed by atoms with Gasteiger partial charge < -0.3 is 39.6 Å². The smallest absolute Gasteiger partial charge is 0.326 e. The normalized spacial score (nSPS) is 16.8. The molecule has 0 radical (unpaired) electrons. The number of amides is 1. The molecule has 0 spiro atoms. The summed E-state index contributed by atoms with van der Waals surface area (Å²) in [6.45, 7) is 2.60. The molecule has 264 valence electrons. The average molecular weight is 715 g/mol. The zero-order chi connectivity index (χ0) is 36.3. The third-order valence-corrected chi connectivity index (χ3v) is 8.10. The van der Waals surface area contributed by atoms with Crippen molar-refractivity contribution in [1.82, 2.24) is 25.0 Å². The molecule has 1 aliphatic heterocycles. The van der Waals surface area contributed by atoms with Gasteiger partial charge in [0, 0.05) is 43.2 Å². The predicted octanol–water partition coefficient (Wildman–Crippen LogP) is 1.59. The number of carbonyl (C=O) groups excluding carboxylic acids is 2. The van der Waals surface area contributed by atoms with E-state index in [9.17, 15) is 23.5 Å². The van der Waals surface area contributed by atoms with Gasteiger partial charge in [-0.3, -0.25) is 19.3 Å². The van der Waals surface area contributed by atoms with Gasteiger partial charge in [0.2, 0.25) is 5.82 Å². The number of likely N-dealkylation sites (N-methyl/N-ethyl adjacent to an activating group) is 1. The molecule has 4 N–H and O–H groups in total. The Morgan fingerprint density at radius 1 is 1.26 bits per heavy atom. The predicted molar refractivity (Wildman–Crippen MR) is 174 cm³/mol. The van der Waals surface area contributed by atoms with Gasteiger partial charge in [-0.25, -0.2) is 14.4 Å². The molecule has 2 unspecified atom stereocenters. The molecule has 1 saturated heterocycles. The number of rotatable bonds is 13. The second-order valence-corrected chi connectivity index (χ2v) is 11.6. The van der Waals surface area contributed by atoms with Crippen LogP contribution in [0.3, 0.4) is 0 Å². The highest BCUT2D eigenvalue weighted by molar-refractivity contribution is 6.34. The van der Waals surface area contributed by atoms with Gasteiger partial charge in [-0.1, -0.05) is 11.6 Å². The number of halogens is 3. The Bertz CT molecular complexity index is 1890. The number of nitrogens with one attached hydrogen (secondary N) is 3. The van der Waals surface area contributed by atoms with E-state index in [-0.39, 0.29) is 46.7 Å². The summed E-state index contributed by atoms with van der Waals surface area (Å²) in [5.41, 5.74) is 1.27. The van der Waals surface area contributed by atoms with Gasteiger partial charge in [-0.15, -0.1) is 0 Å². The molecule has 0 bridgehead atoms. The summed E-state index contributed by atoms with van der Waals surface area (Å²) in [5, 5.41) is 35.2. The number of quaternary nitrogens is 1. The third kappa shape index (κ3) is 9.18. The van der Waals surface area contributed by atoms with Crippen LogP contribution in [0.15, 0.2) is 48.9 Å². The van der Waals surface area contributed by atoms with E-state index in [4.69, 9.17) is 36.2 Å². The molecule has 0 saturated carbocycles. The zero-order valence-corrected chi connectivity index (χ0v) is 27.5. The fourth-order valence-corrected chi connectivity index (χ4v) is 5.53. The van der Waals surface area contributed by atoms with E-state index in [0.717, 1.165) is 6.54 Å². The fraction of sp³-hybridized carbons (Fsp3) is 0.312. The molecule has 1 fully saturated rings. The summed E-state index contributed by atoms with van der Waals surface area (Å²) in [5.74, 6) is -3.68. The molecule has 2 atom stereocenters. The van der Waals surface area contributed by atoms with Crippen LogP contribution in [0.2, 0.25) is 5.02 Å². The maximum Gasteiger partial charge on any atom is 0.326 e. The highest BCUT2D eigenvalue weighted by Crippen LogP contribution is 2.32. The first-order valence-corrected chi connectivity index (χ1v) is 15.5. The number of carboxylic acids is 1. The molecule has 18 heteroatoms. The molecule has 0 aliphatic carbocycles. The van der Waals surface area contributed by atoms with Crippen LogP contribution in [0, 0.1) is 23.0 Å². The number of carbonyl (C=O) groups is 3. The van der Waals surface area contributed by atoms with Gasteiger partial charge >= 0.3 is 5.97 Å². The largest absolute Gasteiger partial charge is 0.554 e. The number of benzene rings is 2. The first kappa shape index (κ1) is 37.4. The van der Waals surface area contributed by atoms with Crippen molar-refractivity contribution in [2.45, 2.75) is 6.04 Å². The first-order chi connectivity index (χ1) is 24.0. The van der Waals surface area contributed by atoms with E-state index in [0.29, 0.717) is 47.9 Å². The Labute approximate surface area is 289 Å². The minimum Gasteiger partial charge on any atom is -0.554 e. The van der Waals surface area contributed by atoms with Crippen LogP contribution in [0.1, 0.15) is 10.4 Å². The zero-order valence-electron chi connectivity index (χ0n) is 26.7. The summed E-state index contributed by atoms with van der Waals surface area (Å²) in [6, 6.07) is 8.47. The van der Waals surface area contributed by atoms with Crippen molar-refractivity contribution in [1.29, 1.82) is 5.26 Å². The van der Waals surface area contributed by atoms with Crippen LogP contribution in [-0.4, -0.2) is 108 Å². The van der Waals surface area contributed by atoms with Crippen molar-refractivity contribution in [3.63, 3.8) is 0 Å². The number of aliphatic carboxylic acids is 1. The Morgan fingerprint density at radius 3 is 2.76 bits per heavy atom. The molecular formula is C32H33ClF2N8O7. The molecule has 3 heterocycles. The number of aromatic nitrogens is 3. The average Bonchev–Trinajstić information content (AvgIpc) is 3.52. The molecule has 50 heavy (non-hydrogen) atoms. The lowest BCUT2D eigenvalue weighted by Crippen LogP contribution is -2.63. The third-order valence-electron chi connectivity index (χ3n) is 7.79. The van der Waals surface area contributed by atoms with Crippen LogP contribution >= 0.6 is 11.6 Å². The minimum absolute atomic E-state index is 0.0654. The molecule has 4 aromatic rings. The van der Waals surface area contributed by atoms with Crippen molar-refractivity contribution in [2.75, 3.05) is 64.9 Å². The van der Waals surface area contributed by atoms with E-state index >= 15 is 0 Å². The lowest BCUT2D eigenvalue weighted by molar-refractivity contribution is -0.913. The molecule has 1 aliphatic rings. The number of hydrogen-bond donors (Lipinski definition) is 4. The van der Waals surface area contributed by atoms with E-state index in [1.807, 2.05) is 7.05 Å². The number of fused-ring (bicyclic) bond motifs is 1. The second-order valence-electron chi connectivity index (χ2n) is 11.2. The lowest BCUT2D eigenvalue weighted by atomic mass is 10.1. The second kappa shape index (κ2) is 17.3. The lowest BCUT2D eigenvalue weighted by Gasteiger charge is -2.40. The number of imidazole rings is 1. The number of carboxylic acid groups (broad SMARTS) is 2. The molecular weight excluding hydrogens is 682 g/mol. The first-order valence-electron chi connectivity index (χ1n) is 15.1. The van der Waals surface area contributed by atoms with E-state index in [1.54, 1.807) is 30.5 Å². The van der Waals surface area contributed by atoms with Gasteiger partial charge in [0.25, 0.3) is 5.91 Å². The van der Waals surface area contributed by atoms with Crippen molar-refractivity contribution < 1.29 is 47.3 Å². The molecule has 2 aromatic carbocycles. The minimum atomic E-state index is -1.22. The van der Waals surface area contributed by atoms with Crippen LogP contribution in [0.25, 0.3) is 16.9 Å². The maximum atomic E-state index is 14.9. The Morgan fingerprint density at radius 2 is 2.04 bits per heavy atom. The topological polar surface area (TPSA) is 203 Å². The van der Waals surface area contributed by atoms with Crippen LogP contribution < -0.4 is 25.8 Å². The van der Waals surface area contributed by atoms with Gasteiger partial charge in [0.05, 0.1) is 49.3 Å². The van der Waals surface area contributed by atoms with Crippen LogP contribution in [0.4, 0.5) is 20.3 Å². The maximum absolute atomic E-state index is 14.9. The monoisotopic (exact) mass is 714 g/mol. The SMILES string of the molecule is C[N+]1(CCOCCNC(=O)c2ccc(Nc3nccn4c(-c5ccc(OCC#N)c(F)c5F)cnc34)cc2Cl)CCNC(C(=O)O)C1.O=C[O-]. The van der Waals surface area contributed by atoms with Crippen LogP contribution in [0.5, 0.6) is 5.75 Å². The molecule has 1 amide bonds. The quantitative estimate of drug-likeness (QED) is 0.0886. The standard InChI is InChI=1S/C31H31ClF2N8O5.CH2O2/c1-42(11-8-36-23(18-42)31(44)45)12-15-46-14-9-38-30(43)20-3-2-19(16-22(20)32)40-28-29-39-17-24(41(29)10-7-37-28)21-4-5-25(47-13-6-35)27(34)26(21)33;2-1-3/h2-5,7,10,16-17,23,36H,8-9,11-15,18H2,1H3,(H2-,37,38,40,43,44,45);1H,(H,2,3). The van der Waals surface area contributed by atoms with E-state index in [2.05, 4.69) is 25.9 Å². The summed E-state index contributed by atoms with van der Waals surface area (Å²) < 4.78 is 42.3. The Balaban J connectivity index is 0.00000181. The number of nitrogens with zero attached hydrogens (tertiary/aromatic N) is 5. The molecule has 15 nitrogen and oxygen atoms in total. The van der Waals surface area contributed by atoms with Gasteiger partial charge in [-0.2, -0.15) is 9.65 Å².